The molecular weight excluding hydrogens is 391 g/mol. The van der Waals surface area contributed by atoms with E-state index in [-0.39, 0.29) is 36.6 Å². The zero-order chi connectivity index (χ0) is 17.7. The summed E-state index contributed by atoms with van der Waals surface area (Å²) in [5.41, 5.74) is 6.86. The van der Waals surface area contributed by atoms with Gasteiger partial charge in [-0.1, -0.05) is 6.07 Å². The molecule has 2 aromatic rings. The first-order valence-electron chi connectivity index (χ1n) is 8.06. The molecule has 0 spiro atoms. The average Bonchev–Trinajstić information content (AvgIpc) is 2.63. The fraction of sp³-hybridized carbons (Fsp3) is 0.278. The summed E-state index contributed by atoms with van der Waals surface area (Å²) in [5.74, 6) is -0.529. The zero-order valence-electron chi connectivity index (χ0n) is 14.5. The van der Waals surface area contributed by atoms with E-state index in [1.54, 1.807) is 48.8 Å². The van der Waals surface area contributed by atoms with Crippen LogP contribution in [0.25, 0.3) is 0 Å². The van der Waals surface area contributed by atoms with Crippen molar-refractivity contribution < 1.29 is 14.3 Å². The Morgan fingerprint density at radius 1 is 1.00 bits per heavy atom. The third-order valence-corrected chi connectivity index (χ3v) is 4.16. The molecule has 0 bridgehead atoms. The van der Waals surface area contributed by atoms with Crippen LogP contribution in [-0.4, -0.2) is 35.6 Å². The van der Waals surface area contributed by atoms with Gasteiger partial charge in [-0.3, -0.25) is 14.6 Å². The van der Waals surface area contributed by atoms with E-state index in [1.165, 1.54) is 0 Å². The molecule has 2 amide bonds. The molecule has 0 unspecified atom stereocenters. The van der Waals surface area contributed by atoms with Crippen LogP contribution >= 0.6 is 24.8 Å². The van der Waals surface area contributed by atoms with Crippen LogP contribution in [0.4, 0.5) is 11.4 Å². The minimum absolute atomic E-state index is 0. The van der Waals surface area contributed by atoms with Gasteiger partial charge in [-0.05, 0) is 43.2 Å². The molecule has 1 fully saturated rings. The van der Waals surface area contributed by atoms with Crippen molar-refractivity contribution in [3.63, 3.8) is 0 Å². The van der Waals surface area contributed by atoms with Gasteiger partial charge in [0.15, 0.2) is 0 Å². The van der Waals surface area contributed by atoms with Gasteiger partial charge in [-0.15, -0.1) is 24.8 Å². The van der Waals surface area contributed by atoms with Gasteiger partial charge in [0.2, 0.25) is 5.91 Å². The summed E-state index contributed by atoms with van der Waals surface area (Å²) in [6, 6.07) is 10.1. The van der Waals surface area contributed by atoms with Gasteiger partial charge >= 0.3 is 0 Å². The van der Waals surface area contributed by atoms with E-state index in [2.05, 4.69) is 15.6 Å². The van der Waals surface area contributed by atoms with Crippen LogP contribution in [0.2, 0.25) is 0 Å². The predicted molar refractivity (Wildman–Crippen MR) is 109 cm³/mol. The number of carbonyl (C=O) groups excluding carboxylic acids is 2. The van der Waals surface area contributed by atoms with E-state index < -0.39 is 5.54 Å². The fourth-order valence-corrected chi connectivity index (χ4v) is 2.59. The summed E-state index contributed by atoms with van der Waals surface area (Å²) in [6.07, 6.45) is 4.14. The molecule has 27 heavy (non-hydrogen) atoms. The highest BCUT2D eigenvalue weighted by atomic mass is 35.5. The number of carbonyl (C=O) groups is 2. The van der Waals surface area contributed by atoms with E-state index in [4.69, 9.17) is 10.5 Å². The number of rotatable bonds is 4. The second-order valence-electron chi connectivity index (χ2n) is 5.99. The maximum Gasteiger partial charge on any atom is 0.255 e. The molecule has 7 nitrogen and oxygen atoms in total. The largest absolute Gasteiger partial charge is 0.381 e. The lowest BCUT2D eigenvalue weighted by Gasteiger charge is -2.31. The van der Waals surface area contributed by atoms with Crippen molar-refractivity contribution in [2.24, 2.45) is 5.73 Å². The van der Waals surface area contributed by atoms with E-state index >= 15 is 0 Å². The van der Waals surface area contributed by atoms with Crippen LogP contribution in [-0.2, 0) is 9.53 Å². The van der Waals surface area contributed by atoms with E-state index in [1.807, 2.05) is 0 Å². The van der Waals surface area contributed by atoms with Crippen molar-refractivity contribution in [3.8, 4) is 0 Å². The molecule has 1 aromatic heterocycles. The highest BCUT2D eigenvalue weighted by Gasteiger charge is 2.35. The van der Waals surface area contributed by atoms with Gasteiger partial charge in [0.1, 0.15) is 5.54 Å². The highest BCUT2D eigenvalue weighted by Crippen LogP contribution is 2.21. The van der Waals surface area contributed by atoms with Gasteiger partial charge in [0.25, 0.3) is 5.91 Å². The molecule has 1 aliphatic rings. The summed E-state index contributed by atoms with van der Waals surface area (Å²) in [6.45, 7) is 0.941. The molecule has 0 aliphatic carbocycles. The Labute approximate surface area is 169 Å². The second kappa shape index (κ2) is 10.2. The summed E-state index contributed by atoms with van der Waals surface area (Å²) in [5, 5.41) is 5.58. The smallest absolute Gasteiger partial charge is 0.255 e. The van der Waals surface area contributed by atoms with Gasteiger partial charge in [-0.25, -0.2) is 0 Å². The number of halogens is 2. The van der Waals surface area contributed by atoms with Gasteiger partial charge in [-0.2, -0.15) is 0 Å². The minimum Gasteiger partial charge on any atom is -0.381 e. The van der Waals surface area contributed by atoms with Crippen LogP contribution in [0.5, 0.6) is 0 Å². The molecule has 3 rings (SSSR count). The zero-order valence-corrected chi connectivity index (χ0v) is 16.1. The first kappa shape index (κ1) is 22.9. The Kier molecular flexibility index (Phi) is 8.65. The van der Waals surface area contributed by atoms with Crippen molar-refractivity contribution in [1.29, 1.82) is 0 Å². The average molecular weight is 413 g/mol. The molecule has 146 valence electrons. The third kappa shape index (κ3) is 5.90. The number of nitrogens with one attached hydrogen (secondary N) is 2. The number of ether oxygens (including phenoxy) is 1. The van der Waals surface area contributed by atoms with Gasteiger partial charge in [0, 0.05) is 42.5 Å². The first-order chi connectivity index (χ1) is 12.1. The maximum atomic E-state index is 12.5. The summed E-state index contributed by atoms with van der Waals surface area (Å²) in [7, 11) is 0. The fourth-order valence-electron chi connectivity index (χ4n) is 2.59. The molecule has 1 aliphatic heterocycles. The van der Waals surface area contributed by atoms with E-state index in [0.717, 1.165) is 0 Å². The van der Waals surface area contributed by atoms with Crippen LogP contribution in [0.15, 0.2) is 48.8 Å². The van der Waals surface area contributed by atoms with Crippen LogP contribution in [0.1, 0.15) is 23.2 Å². The minimum atomic E-state index is -0.937. The standard InChI is InChI=1S/C18H20N4O3.2ClH/c19-18(6-10-25-11-7-18)17(24)22-15-3-1-2-13(12-15)16(23)21-14-4-8-20-9-5-14;;/h1-5,8-9,12H,6-7,10-11,19H2,(H,22,24)(H,20,21,23);2*1H. The number of amides is 2. The van der Waals surface area contributed by atoms with Crippen molar-refractivity contribution in [3.05, 3.63) is 54.4 Å². The molecule has 2 heterocycles. The van der Waals surface area contributed by atoms with E-state index in [0.29, 0.717) is 43.0 Å². The van der Waals surface area contributed by atoms with Crippen molar-refractivity contribution in [2.45, 2.75) is 18.4 Å². The predicted octanol–water partition coefficient (Wildman–Crippen LogP) is 2.62. The molecule has 4 N–H and O–H groups in total. The Hall–Kier alpha value is -2.19. The van der Waals surface area contributed by atoms with Gasteiger partial charge < -0.3 is 21.1 Å². The third-order valence-electron chi connectivity index (χ3n) is 4.16. The SMILES string of the molecule is Cl.Cl.NC1(C(=O)Nc2cccc(C(=O)Nc3ccncc3)c2)CCOCC1. The molecular formula is C18H22Cl2N4O3. The number of pyridine rings is 1. The van der Waals surface area contributed by atoms with E-state index in [9.17, 15) is 9.59 Å². The Bertz CT molecular complexity index is 768. The molecule has 0 radical (unpaired) electrons. The number of hydrogen-bond acceptors (Lipinski definition) is 5. The Balaban J connectivity index is 0.00000182. The van der Waals surface area contributed by atoms with Crippen LogP contribution < -0.4 is 16.4 Å². The lowest BCUT2D eigenvalue weighted by molar-refractivity contribution is -0.124. The number of aromatic nitrogens is 1. The second-order valence-corrected chi connectivity index (χ2v) is 5.99. The number of benzene rings is 1. The summed E-state index contributed by atoms with van der Waals surface area (Å²) in [4.78, 5) is 28.7. The highest BCUT2D eigenvalue weighted by molar-refractivity contribution is 6.05. The van der Waals surface area contributed by atoms with Crippen LogP contribution in [0.3, 0.4) is 0 Å². The first-order valence-corrected chi connectivity index (χ1v) is 8.06. The summed E-state index contributed by atoms with van der Waals surface area (Å²) < 4.78 is 5.26. The van der Waals surface area contributed by atoms with Crippen molar-refractivity contribution >= 4 is 48.0 Å². The number of nitrogens with zero attached hydrogens (tertiary/aromatic N) is 1. The normalized spacial score (nSPS) is 14.9. The molecule has 0 atom stereocenters. The monoisotopic (exact) mass is 412 g/mol. The lowest BCUT2D eigenvalue weighted by atomic mass is 9.90. The summed E-state index contributed by atoms with van der Waals surface area (Å²) >= 11 is 0. The Morgan fingerprint density at radius 2 is 1.67 bits per heavy atom. The van der Waals surface area contributed by atoms with Crippen LogP contribution in [0, 0.1) is 0 Å². The number of nitrogens with two attached hydrogens (primary N) is 1. The Morgan fingerprint density at radius 3 is 2.33 bits per heavy atom. The molecule has 1 aromatic carbocycles. The molecule has 9 heteroatoms. The van der Waals surface area contributed by atoms with Crippen molar-refractivity contribution in [2.75, 3.05) is 23.8 Å². The number of hydrogen-bond donors (Lipinski definition) is 3. The number of anilines is 2. The maximum absolute atomic E-state index is 12.5. The topological polar surface area (TPSA) is 106 Å². The van der Waals surface area contributed by atoms with Crippen molar-refractivity contribution in [1.82, 2.24) is 4.98 Å². The van der Waals surface area contributed by atoms with Gasteiger partial charge in [0.05, 0.1) is 0 Å². The quantitative estimate of drug-likeness (QED) is 0.715. The molecule has 1 saturated heterocycles. The lowest BCUT2D eigenvalue weighted by Crippen LogP contribution is -2.54. The molecule has 0 saturated carbocycles.